The molecule has 0 aliphatic heterocycles. The van der Waals surface area contributed by atoms with Gasteiger partial charge in [-0.05, 0) is 24.8 Å². The van der Waals surface area contributed by atoms with Crippen molar-refractivity contribution < 1.29 is 4.79 Å². The lowest BCUT2D eigenvalue weighted by molar-refractivity contribution is 0.0996. The van der Waals surface area contributed by atoms with Crippen LogP contribution in [0.5, 0.6) is 0 Å². The number of primary amides is 1. The molecule has 1 aromatic heterocycles. The average molecular weight is 300 g/mol. The molecule has 5 nitrogen and oxygen atoms in total. The van der Waals surface area contributed by atoms with Gasteiger partial charge in [-0.15, -0.1) is 0 Å². The van der Waals surface area contributed by atoms with Crippen molar-refractivity contribution in [3.63, 3.8) is 0 Å². The smallest absolute Gasteiger partial charge is 0.271 e. The van der Waals surface area contributed by atoms with E-state index in [0.29, 0.717) is 5.82 Å². The fourth-order valence-corrected chi connectivity index (χ4v) is 2.83. The highest BCUT2D eigenvalue weighted by Crippen LogP contribution is 2.27. The number of aryl methyl sites for hydroxylation is 2. The molecule has 1 heterocycles. The van der Waals surface area contributed by atoms with E-state index in [1.165, 1.54) is 5.56 Å². The van der Waals surface area contributed by atoms with Crippen LogP contribution in [-0.2, 0) is 12.8 Å². The normalized spacial score (nSPS) is 12.3. The Morgan fingerprint density at radius 2 is 1.95 bits per heavy atom. The lowest BCUT2D eigenvalue weighted by Crippen LogP contribution is -2.17. The van der Waals surface area contributed by atoms with E-state index in [4.69, 9.17) is 11.5 Å². The largest absolute Gasteiger partial charge is 0.383 e. The average Bonchev–Trinajstić information content (AvgIpc) is 2.86. The van der Waals surface area contributed by atoms with E-state index in [9.17, 15) is 4.79 Å². The zero-order chi connectivity index (χ0) is 16.1. The van der Waals surface area contributed by atoms with Crippen molar-refractivity contribution in [3.8, 4) is 0 Å². The van der Waals surface area contributed by atoms with Gasteiger partial charge in [0.25, 0.3) is 5.91 Å². The van der Waals surface area contributed by atoms with E-state index in [1.54, 1.807) is 0 Å². The quantitative estimate of drug-likeness (QED) is 0.824. The summed E-state index contributed by atoms with van der Waals surface area (Å²) in [5, 5.41) is 0. The minimum atomic E-state index is -0.566. The van der Waals surface area contributed by atoms with Crippen LogP contribution in [0, 0.1) is 0 Å². The number of benzene rings is 1. The van der Waals surface area contributed by atoms with Gasteiger partial charge in [-0.25, -0.2) is 4.98 Å². The highest BCUT2D eigenvalue weighted by atomic mass is 16.1. The Labute approximate surface area is 131 Å². The zero-order valence-corrected chi connectivity index (χ0v) is 13.2. The van der Waals surface area contributed by atoms with Crippen molar-refractivity contribution in [3.05, 3.63) is 47.4 Å². The fourth-order valence-electron chi connectivity index (χ4n) is 2.83. The van der Waals surface area contributed by atoms with Crippen molar-refractivity contribution in [1.82, 2.24) is 9.55 Å². The molecular weight excluding hydrogens is 276 g/mol. The monoisotopic (exact) mass is 300 g/mol. The molecule has 2 aromatic rings. The van der Waals surface area contributed by atoms with Gasteiger partial charge in [0.05, 0.1) is 0 Å². The van der Waals surface area contributed by atoms with Gasteiger partial charge in [-0.3, -0.25) is 4.79 Å². The highest BCUT2D eigenvalue weighted by Gasteiger charge is 2.22. The Hall–Kier alpha value is -2.30. The summed E-state index contributed by atoms with van der Waals surface area (Å²) in [5.74, 6) is 0.652. The summed E-state index contributed by atoms with van der Waals surface area (Å²) in [7, 11) is 0. The minimum absolute atomic E-state index is 0.190. The third kappa shape index (κ3) is 3.30. The number of anilines is 1. The number of amides is 1. The molecule has 0 aliphatic carbocycles. The van der Waals surface area contributed by atoms with Crippen LogP contribution in [0.4, 0.5) is 5.82 Å². The summed E-state index contributed by atoms with van der Waals surface area (Å²) in [6, 6.07) is 10.6. The fraction of sp³-hybridized carbons (Fsp3) is 0.412. The van der Waals surface area contributed by atoms with Gasteiger partial charge in [-0.1, -0.05) is 44.2 Å². The first-order valence-electron chi connectivity index (χ1n) is 7.78. The first-order valence-corrected chi connectivity index (χ1v) is 7.78. The van der Waals surface area contributed by atoms with Crippen LogP contribution >= 0.6 is 0 Å². The maximum atomic E-state index is 11.5. The molecule has 2 rings (SSSR count). The van der Waals surface area contributed by atoms with Gasteiger partial charge in [-0.2, -0.15) is 0 Å². The van der Waals surface area contributed by atoms with E-state index >= 15 is 0 Å². The molecule has 0 saturated heterocycles. The van der Waals surface area contributed by atoms with Gasteiger partial charge in [0.15, 0.2) is 5.69 Å². The van der Waals surface area contributed by atoms with Crippen LogP contribution in [0.2, 0.25) is 0 Å². The number of nitrogen functional groups attached to an aromatic ring is 1. The van der Waals surface area contributed by atoms with Crippen LogP contribution in [-0.4, -0.2) is 15.5 Å². The number of aromatic nitrogens is 2. The molecule has 0 bridgehead atoms. The number of imidazole rings is 1. The molecule has 0 aliphatic rings. The maximum Gasteiger partial charge on any atom is 0.271 e. The van der Waals surface area contributed by atoms with E-state index in [1.807, 2.05) is 29.7 Å². The molecule has 1 aromatic carbocycles. The zero-order valence-electron chi connectivity index (χ0n) is 13.2. The number of nitrogens with two attached hydrogens (primary N) is 2. The molecule has 4 N–H and O–H groups in total. The summed E-state index contributed by atoms with van der Waals surface area (Å²) >= 11 is 0. The Balaban J connectivity index is 2.25. The number of carbonyl (C=O) groups is 1. The van der Waals surface area contributed by atoms with Crippen LogP contribution in [0.1, 0.15) is 54.6 Å². The second kappa shape index (κ2) is 7.11. The third-order valence-corrected chi connectivity index (χ3v) is 4.02. The molecule has 118 valence electrons. The molecule has 0 saturated carbocycles. The van der Waals surface area contributed by atoms with E-state index in [0.717, 1.165) is 31.5 Å². The Morgan fingerprint density at radius 1 is 1.27 bits per heavy atom. The van der Waals surface area contributed by atoms with E-state index in [2.05, 4.69) is 24.0 Å². The van der Waals surface area contributed by atoms with Crippen molar-refractivity contribution >= 4 is 11.7 Å². The number of carbonyl (C=O) groups excluding carboxylic acids is 1. The summed E-state index contributed by atoms with van der Waals surface area (Å²) in [4.78, 5) is 15.8. The summed E-state index contributed by atoms with van der Waals surface area (Å²) in [6.07, 6.45) is 3.57. The standard InChI is InChI=1S/C17H24N4O/c1-3-13(11-10-12-8-6-5-7-9-12)21-14(4-2)20-15(16(21)18)17(19)22/h5-9,13H,3-4,10-11,18H2,1-2H3,(H2,19,22). The van der Waals surface area contributed by atoms with Crippen molar-refractivity contribution in [1.29, 1.82) is 0 Å². The van der Waals surface area contributed by atoms with Gasteiger partial charge < -0.3 is 16.0 Å². The molecule has 0 fully saturated rings. The minimum Gasteiger partial charge on any atom is -0.383 e. The molecule has 1 unspecified atom stereocenters. The Morgan fingerprint density at radius 3 is 2.50 bits per heavy atom. The molecular formula is C17H24N4O. The Bertz CT molecular complexity index is 634. The van der Waals surface area contributed by atoms with Crippen LogP contribution in [0.3, 0.4) is 0 Å². The highest BCUT2D eigenvalue weighted by molar-refractivity contribution is 5.95. The molecule has 0 spiro atoms. The first kappa shape index (κ1) is 16.1. The van der Waals surface area contributed by atoms with E-state index in [-0.39, 0.29) is 11.7 Å². The number of nitrogens with zero attached hydrogens (tertiary/aromatic N) is 2. The van der Waals surface area contributed by atoms with Gasteiger partial charge in [0.2, 0.25) is 0 Å². The molecule has 0 radical (unpaired) electrons. The Kier molecular flexibility index (Phi) is 5.20. The summed E-state index contributed by atoms with van der Waals surface area (Å²) in [6.45, 7) is 4.13. The molecule has 1 amide bonds. The lowest BCUT2D eigenvalue weighted by Gasteiger charge is -2.20. The van der Waals surface area contributed by atoms with Crippen molar-refractivity contribution in [2.24, 2.45) is 5.73 Å². The van der Waals surface area contributed by atoms with Gasteiger partial charge in [0.1, 0.15) is 11.6 Å². The summed E-state index contributed by atoms with van der Waals surface area (Å²) in [5.41, 5.74) is 13.0. The third-order valence-electron chi connectivity index (χ3n) is 4.02. The second-order valence-electron chi connectivity index (χ2n) is 5.44. The van der Waals surface area contributed by atoms with Gasteiger partial charge >= 0.3 is 0 Å². The molecule has 5 heteroatoms. The van der Waals surface area contributed by atoms with Crippen LogP contribution < -0.4 is 11.5 Å². The number of hydrogen-bond donors (Lipinski definition) is 2. The maximum absolute atomic E-state index is 11.5. The predicted octanol–water partition coefficient (Wildman–Crippen LogP) is 2.71. The molecule has 1 atom stereocenters. The predicted molar refractivity (Wildman–Crippen MR) is 88.6 cm³/mol. The van der Waals surface area contributed by atoms with Crippen molar-refractivity contribution in [2.45, 2.75) is 45.6 Å². The van der Waals surface area contributed by atoms with Crippen LogP contribution in [0.15, 0.2) is 30.3 Å². The van der Waals surface area contributed by atoms with Crippen molar-refractivity contribution in [2.75, 3.05) is 5.73 Å². The molecule has 22 heavy (non-hydrogen) atoms. The van der Waals surface area contributed by atoms with Crippen LogP contribution in [0.25, 0.3) is 0 Å². The SMILES string of the molecule is CCc1nc(C(N)=O)c(N)n1C(CC)CCc1ccccc1. The number of hydrogen-bond acceptors (Lipinski definition) is 3. The number of rotatable bonds is 7. The summed E-state index contributed by atoms with van der Waals surface area (Å²) < 4.78 is 1.99. The second-order valence-corrected chi connectivity index (χ2v) is 5.44. The van der Waals surface area contributed by atoms with E-state index < -0.39 is 5.91 Å². The van der Waals surface area contributed by atoms with Gasteiger partial charge in [0, 0.05) is 12.5 Å². The first-order chi connectivity index (χ1) is 10.6. The lowest BCUT2D eigenvalue weighted by atomic mass is 10.0. The topological polar surface area (TPSA) is 86.9 Å².